The van der Waals surface area contributed by atoms with E-state index in [4.69, 9.17) is 18.9 Å². The lowest BCUT2D eigenvalue weighted by Crippen LogP contribution is -2.31. The Morgan fingerprint density at radius 1 is 1.00 bits per heavy atom. The SMILES string of the molecule is C[C@H](NC(=O)Nc1ccc(Oc2ccnc3cc(OCC(F)(F)F)c4c(c23)OCCO4)cc1)c1ccc(F)cc1. The lowest BCUT2D eigenvalue weighted by molar-refractivity contribution is -0.153. The number of urea groups is 1. The molecule has 5 rings (SSSR count). The number of anilines is 1. The summed E-state index contributed by atoms with van der Waals surface area (Å²) in [6.45, 7) is 0.610. The van der Waals surface area contributed by atoms with Crippen molar-refractivity contribution < 1.29 is 41.3 Å². The number of alkyl halides is 3. The molecule has 0 fully saturated rings. The molecule has 8 nitrogen and oxygen atoms in total. The molecule has 1 aromatic heterocycles. The van der Waals surface area contributed by atoms with E-state index in [1.54, 1.807) is 49.4 Å². The Morgan fingerprint density at radius 3 is 2.40 bits per heavy atom. The molecule has 0 saturated heterocycles. The third kappa shape index (κ3) is 6.28. The van der Waals surface area contributed by atoms with E-state index < -0.39 is 18.8 Å². The summed E-state index contributed by atoms with van der Waals surface area (Å²) < 4.78 is 73.8. The Kier molecular flexibility index (Phi) is 7.50. The highest BCUT2D eigenvalue weighted by molar-refractivity contribution is 5.95. The first-order chi connectivity index (χ1) is 19.2. The molecular weight excluding hydrogens is 534 g/mol. The van der Waals surface area contributed by atoms with Crippen LogP contribution < -0.4 is 29.6 Å². The zero-order valence-corrected chi connectivity index (χ0v) is 21.0. The van der Waals surface area contributed by atoms with E-state index in [0.717, 1.165) is 5.56 Å². The molecule has 0 saturated carbocycles. The molecule has 208 valence electrons. The van der Waals surface area contributed by atoms with Crippen LogP contribution in [0.3, 0.4) is 0 Å². The zero-order chi connectivity index (χ0) is 28.3. The number of nitrogens with zero attached hydrogens (tertiary/aromatic N) is 1. The van der Waals surface area contributed by atoms with Crippen LogP contribution in [0.2, 0.25) is 0 Å². The summed E-state index contributed by atoms with van der Waals surface area (Å²) in [7, 11) is 0. The number of ether oxygens (including phenoxy) is 4. The summed E-state index contributed by atoms with van der Waals surface area (Å²) in [5, 5.41) is 5.91. The largest absolute Gasteiger partial charge is 0.485 e. The predicted molar refractivity (Wildman–Crippen MR) is 138 cm³/mol. The fourth-order valence-electron chi connectivity index (χ4n) is 4.06. The van der Waals surface area contributed by atoms with E-state index in [2.05, 4.69) is 15.6 Å². The molecule has 1 aliphatic rings. The number of benzene rings is 3. The number of hydrogen-bond acceptors (Lipinski definition) is 6. The molecule has 2 heterocycles. The van der Waals surface area contributed by atoms with Gasteiger partial charge in [-0.1, -0.05) is 12.1 Å². The second-order valence-corrected chi connectivity index (χ2v) is 8.84. The van der Waals surface area contributed by atoms with Crippen LogP contribution in [0.15, 0.2) is 66.9 Å². The molecule has 0 radical (unpaired) electrons. The van der Waals surface area contributed by atoms with Gasteiger partial charge in [0.05, 0.1) is 16.9 Å². The van der Waals surface area contributed by atoms with Crippen LogP contribution in [-0.2, 0) is 0 Å². The maximum atomic E-state index is 13.1. The number of rotatable bonds is 7. The quantitative estimate of drug-likeness (QED) is 0.244. The maximum absolute atomic E-state index is 13.1. The van der Waals surface area contributed by atoms with Gasteiger partial charge in [-0.05, 0) is 55.0 Å². The summed E-state index contributed by atoms with van der Waals surface area (Å²) in [6.07, 6.45) is -3.08. The van der Waals surface area contributed by atoms with E-state index in [1.165, 1.54) is 24.4 Å². The van der Waals surface area contributed by atoms with Crippen LogP contribution >= 0.6 is 0 Å². The van der Waals surface area contributed by atoms with Crippen molar-refractivity contribution in [3.63, 3.8) is 0 Å². The normalized spacial score (nSPS) is 13.4. The summed E-state index contributed by atoms with van der Waals surface area (Å²) in [6, 6.07) is 14.5. The van der Waals surface area contributed by atoms with Gasteiger partial charge in [0.15, 0.2) is 18.1 Å². The molecule has 0 unspecified atom stereocenters. The van der Waals surface area contributed by atoms with Crippen LogP contribution in [0.1, 0.15) is 18.5 Å². The molecule has 1 atom stereocenters. The van der Waals surface area contributed by atoms with Gasteiger partial charge in [0.1, 0.15) is 30.5 Å². The van der Waals surface area contributed by atoms with E-state index in [1.807, 2.05) is 0 Å². The van der Waals surface area contributed by atoms with E-state index in [0.29, 0.717) is 28.1 Å². The smallest absolute Gasteiger partial charge is 0.422 e. The van der Waals surface area contributed by atoms with Crippen LogP contribution in [0.5, 0.6) is 28.7 Å². The molecule has 2 amide bonds. The van der Waals surface area contributed by atoms with E-state index in [9.17, 15) is 22.4 Å². The number of pyridine rings is 1. The van der Waals surface area contributed by atoms with Gasteiger partial charge in [0.2, 0.25) is 5.75 Å². The van der Waals surface area contributed by atoms with Crippen molar-refractivity contribution >= 4 is 22.6 Å². The van der Waals surface area contributed by atoms with Crippen molar-refractivity contribution in [2.24, 2.45) is 0 Å². The van der Waals surface area contributed by atoms with E-state index >= 15 is 0 Å². The minimum Gasteiger partial charge on any atom is -0.485 e. The first kappa shape index (κ1) is 26.9. The lowest BCUT2D eigenvalue weighted by Gasteiger charge is -2.23. The van der Waals surface area contributed by atoms with Gasteiger partial charge in [0, 0.05) is 18.0 Å². The zero-order valence-electron chi connectivity index (χ0n) is 21.0. The summed E-state index contributed by atoms with van der Waals surface area (Å²) in [4.78, 5) is 16.7. The number of carbonyl (C=O) groups excluding carboxylic acids is 1. The van der Waals surface area contributed by atoms with Crippen molar-refractivity contribution in [1.82, 2.24) is 10.3 Å². The highest BCUT2D eigenvalue weighted by atomic mass is 19.4. The standard InChI is InChI=1S/C28H23F4N3O5/c1-16(17-2-4-18(29)5-3-17)34-27(36)35-19-6-8-20(9-7-19)40-22-10-11-33-21-14-23(39-15-28(30,31)32)25-26(24(21)22)38-13-12-37-25/h2-11,14,16H,12-13,15H2,1H3,(H2,34,35,36)/t16-/m0/s1. The van der Waals surface area contributed by atoms with Crippen molar-refractivity contribution in [3.05, 3.63) is 78.2 Å². The number of aromatic nitrogens is 1. The lowest BCUT2D eigenvalue weighted by atomic mass is 10.1. The Morgan fingerprint density at radius 2 is 1.70 bits per heavy atom. The average molecular weight is 558 g/mol. The van der Waals surface area contributed by atoms with Crippen LogP contribution in [0.4, 0.5) is 28.0 Å². The number of halogens is 4. The minimum atomic E-state index is -4.53. The van der Waals surface area contributed by atoms with Gasteiger partial charge in [-0.2, -0.15) is 13.2 Å². The molecule has 0 spiro atoms. The second-order valence-electron chi connectivity index (χ2n) is 8.84. The third-order valence-electron chi connectivity index (χ3n) is 5.89. The van der Waals surface area contributed by atoms with Gasteiger partial charge >= 0.3 is 12.2 Å². The molecule has 4 aromatic rings. The molecule has 1 aliphatic heterocycles. The average Bonchev–Trinajstić information content (AvgIpc) is 2.92. The third-order valence-corrected chi connectivity index (χ3v) is 5.89. The molecule has 3 aromatic carbocycles. The highest BCUT2D eigenvalue weighted by Gasteiger charge is 2.31. The predicted octanol–water partition coefficient (Wildman–Crippen LogP) is 6.76. The molecule has 2 N–H and O–H groups in total. The van der Waals surface area contributed by atoms with Crippen molar-refractivity contribution in [3.8, 4) is 28.7 Å². The maximum Gasteiger partial charge on any atom is 0.422 e. The number of fused-ring (bicyclic) bond motifs is 3. The fraction of sp³-hybridized carbons (Fsp3) is 0.214. The number of hydrogen-bond donors (Lipinski definition) is 2. The molecule has 0 aliphatic carbocycles. The molecular formula is C28H23F4N3O5. The Bertz CT molecular complexity index is 1510. The van der Waals surface area contributed by atoms with Crippen LogP contribution in [0, 0.1) is 5.82 Å². The minimum absolute atomic E-state index is 0.0428. The summed E-state index contributed by atoms with van der Waals surface area (Å²) in [5.74, 6) is 0.479. The Hall–Kier alpha value is -4.74. The molecule has 0 bridgehead atoms. The van der Waals surface area contributed by atoms with Crippen molar-refractivity contribution in [2.45, 2.75) is 19.1 Å². The van der Waals surface area contributed by atoms with Crippen molar-refractivity contribution in [2.75, 3.05) is 25.1 Å². The highest BCUT2D eigenvalue weighted by Crippen LogP contribution is 2.48. The van der Waals surface area contributed by atoms with Crippen LogP contribution in [0.25, 0.3) is 10.9 Å². The van der Waals surface area contributed by atoms with Gasteiger partial charge < -0.3 is 29.6 Å². The van der Waals surface area contributed by atoms with Gasteiger partial charge in [-0.3, -0.25) is 4.98 Å². The molecule has 12 heteroatoms. The summed E-state index contributed by atoms with van der Waals surface area (Å²) in [5.41, 5.74) is 1.54. The van der Waals surface area contributed by atoms with Gasteiger partial charge in [-0.15, -0.1) is 0 Å². The second kappa shape index (κ2) is 11.2. The Labute approximate surface area is 225 Å². The van der Waals surface area contributed by atoms with Crippen molar-refractivity contribution in [1.29, 1.82) is 0 Å². The number of nitrogens with one attached hydrogen (secondary N) is 2. The first-order valence-electron chi connectivity index (χ1n) is 12.2. The number of carbonyl (C=O) groups is 1. The topological polar surface area (TPSA) is 90.9 Å². The van der Waals surface area contributed by atoms with Gasteiger partial charge in [0.25, 0.3) is 0 Å². The Balaban J connectivity index is 1.31. The van der Waals surface area contributed by atoms with E-state index in [-0.39, 0.29) is 42.3 Å². The monoisotopic (exact) mass is 557 g/mol. The molecule has 40 heavy (non-hydrogen) atoms. The fourth-order valence-corrected chi connectivity index (χ4v) is 4.06. The number of amides is 2. The van der Waals surface area contributed by atoms with Crippen LogP contribution in [-0.4, -0.2) is 37.0 Å². The first-order valence-corrected chi connectivity index (χ1v) is 12.2. The van der Waals surface area contributed by atoms with Gasteiger partial charge in [-0.25, -0.2) is 9.18 Å². The summed E-state index contributed by atoms with van der Waals surface area (Å²) >= 11 is 0.